The molecule has 0 atom stereocenters. The van der Waals surface area contributed by atoms with Crippen LogP contribution in [-0.4, -0.2) is 35.9 Å². The second-order valence-electron chi connectivity index (χ2n) is 4.46. The van der Waals surface area contributed by atoms with Crippen LogP contribution in [0.15, 0.2) is 36.7 Å². The van der Waals surface area contributed by atoms with Crippen LogP contribution in [0.2, 0.25) is 0 Å². The lowest BCUT2D eigenvalue weighted by molar-refractivity contribution is 0.122. The molecule has 94 valence electrons. The van der Waals surface area contributed by atoms with E-state index in [1.807, 2.05) is 19.3 Å². The normalized spacial score (nSPS) is 15.9. The fourth-order valence-electron chi connectivity index (χ4n) is 2.30. The molecule has 0 amide bonds. The van der Waals surface area contributed by atoms with Gasteiger partial charge in [0.2, 0.25) is 0 Å². The number of morpholine rings is 1. The molecule has 3 rings (SSSR count). The summed E-state index contributed by atoms with van der Waals surface area (Å²) in [6.45, 7) is 5.60. The van der Waals surface area contributed by atoms with Gasteiger partial charge in [0.1, 0.15) is 5.82 Å². The van der Waals surface area contributed by atoms with E-state index in [4.69, 9.17) is 4.74 Å². The van der Waals surface area contributed by atoms with Gasteiger partial charge in [0.05, 0.1) is 13.2 Å². The minimum atomic E-state index is 0.822. The fourth-order valence-corrected chi connectivity index (χ4v) is 2.30. The van der Waals surface area contributed by atoms with Crippen molar-refractivity contribution in [2.45, 2.75) is 6.92 Å². The molecule has 1 fully saturated rings. The van der Waals surface area contributed by atoms with Crippen LogP contribution in [0.1, 0.15) is 5.82 Å². The number of aromatic nitrogens is 2. The van der Waals surface area contributed by atoms with Crippen LogP contribution in [0.3, 0.4) is 0 Å². The SMILES string of the molecule is Cc1nccn1-c1ccc(N2CCOCC2)cc1. The van der Waals surface area contributed by atoms with Crippen molar-refractivity contribution in [1.82, 2.24) is 9.55 Å². The molecule has 1 aliphatic rings. The topological polar surface area (TPSA) is 30.3 Å². The molecule has 0 unspecified atom stereocenters. The fraction of sp³-hybridized carbons (Fsp3) is 0.357. The zero-order valence-corrected chi connectivity index (χ0v) is 10.5. The molecule has 2 heterocycles. The van der Waals surface area contributed by atoms with Crippen LogP contribution < -0.4 is 4.90 Å². The zero-order chi connectivity index (χ0) is 12.4. The number of aryl methyl sites for hydroxylation is 1. The van der Waals surface area contributed by atoms with Crippen LogP contribution in [0.4, 0.5) is 5.69 Å². The summed E-state index contributed by atoms with van der Waals surface area (Å²) >= 11 is 0. The second kappa shape index (κ2) is 4.82. The van der Waals surface area contributed by atoms with E-state index in [1.165, 1.54) is 5.69 Å². The van der Waals surface area contributed by atoms with E-state index < -0.39 is 0 Å². The van der Waals surface area contributed by atoms with Crippen molar-refractivity contribution in [2.75, 3.05) is 31.2 Å². The Kier molecular flexibility index (Phi) is 3.02. The summed E-state index contributed by atoms with van der Waals surface area (Å²) in [5.74, 6) is 1.01. The maximum Gasteiger partial charge on any atom is 0.110 e. The minimum absolute atomic E-state index is 0.822. The average Bonchev–Trinajstić information content (AvgIpc) is 2.86. The van der Waals surface area contributed by atoms with Gasteiger partial charge in [-0.2, -0.15) is 0 Å². The Bertz CT molecular complexity index is 512. The number of rotatable bonds is 2. The highest BCUT2D eigenvalue weighted by molar-refractivity contribution is 5.51. The lowest BCUT2D eigenvalue weighted by Crippen LogP contribution is -2.36. The Morgan fingerprint density at radius 1 is 1.06 bits per heavy atom. The van der Waals surface area contributed by atoms with E-state index in [0.717, 1.165) is 37.8 Å². The molecule has 18 heavy (non-hydrogen) atoms. The van der Waals surface area contributed by atoms with E-state index in [-0.39, 0.29) is 0 Å². The van der Waals surface area contributed by atoms with Gasteiger partial charge >= 0.3 is 0 Å². The van der Waals surface area contributed by atoms with E-state index in [2.05, 4.69) is 38.7 Å². The van der Waals surface area contributed by atoms with Gasteiger partial charge in [0.15, 0.2) is 0 Å². The van der Waals surface area contributed by atoms with Crippen molar-refractivity contribution < 1.29 is 4.74 Å². The molecule has 1 aromatic carbocycles. The van der Waals surface area contributed by atoms with Gasteiger partial charge in [0.25, 0.3) is 0 Å². The average molecular weight is 243 g/mol. The first-order chi connectivity index (χ1) is 8.84. The van der Waals surface area contributed by atoms with Gasteiger partial charge in [-0.1, -0.05) is 0 Å². The zero-order valence-electron chi connectivity index (χ0n) is 10.5. The molecule has 4 heteroatoms. The monoisotopic (exact) mass is 243 g/mol. The lowest BCUT2D eigenvalue weighted by atomic mass is 10.2. The summed E-state index contributed by atoms with van der Waals surface area (Å²) in [4.78, 5) is 6.60. The summed E-state index contributed by atoms with van der Waals surface area (Å²) < 4.78 is 7.45. The standard InChI is InChI=1S/C14H17N3O/c1-12-15-6-7-17(12)14-4-2-13(3-5-14)16-8-10-18-11-9-16/h2-7H,8-11H2,1H3. The largest absolute Gasteiger partial charge is 0.378 e. The number of imidazole rings is 1. The third kappa shape index (κ3) is 2.11. The highest BCUT2D eigenvalue weighted by Gasteiger charge is 2.11. The van der Waals surface area contributed by atoms with Gasteiger partial charge in [-0.05, 0) is 31.2 Å². The van der Waals surface area contributed by atoms with Gasteiger partial charge < -0.3 is 14.2 Å². The van der Waals surface area contributed by atoms with Crippen LogP contribution in [0.25, 0.3) is 5.69 Å². The van der Waals surface area contributed by atoms with E-state index >= 15 is 0 Å². The molecule has 0 N–H and O–H groups in total. The molecule has 0 spiro atoms. The molecular weight excluding hydrogens is 226 g/mol. The first-order valence-corrected chi connectivity index (χ1v) is 6.28. The molecule has 0 radical (unpaired) electrons. The van der Waals surface area contributed by atoms with E-state index in [9.17, 15) is 0 Å². The van der Waals surface area contributed by atoms with Crippen LogP contribution in [0.5, 0.6) is 0 Å². The molecule has 1 aliphatic heterocycles. The summed E-state index contributed by atoms with van der Waals surface area (Å²) in [5.41, 5.74) is 2.42. The van der Waals surface area contributed by atoms with Crippen LogP contribution >= 0.6 is 0 Å². The lowest BCUT2D eigenvalue weighted by Gasteiger charge is -2.28. The Labute approximate surface area is 107 Å². The second-order valence-corrected chi connectivity index (χ2v) is 4.46. The summed E-state index contributed by atoms with van der Waals surface area (Å²) in [6, 6.07) is 8.61. The first kappa shape index (κ1) is 11.3. The predicted octanol–water partition coefficient (Wildman–Crippen LogP) is 2.02. The quantitative estimate of drug-likeness (QED) is 0.808. The molecule has 0 bridgehead atoms. The van der Waals surface area contributed by atoms with Crippen molar-refractivity contribution in [2.24, 2.45) is 0 Å². The third-order valence-corrected chi connectivity index (χ3v) is 3.33. The van der Waals surface area contributed by atoms with Crippen LogP contribution in [-0.2, 0) is 4.74 Å². The first-order valence-electron chi connectivity index (χ1n) is 6.28. The number of hydrogen-bond donors (Lipinski definition) is 0. The highest BCUT2D eigenvalue weighted by atomic mass is 16.5. The van der Waals surface area contributed by atoms with Crippen molar-refractivity contribution in [1.29, 1.82) is 0 Å². The van der Waals surface area contributed by atoms with Gasteiger partial charge in [0, 0.05) is 36.9 Å². The van der Waals surface area contributed by atoms with E-state index in [1.54, 1.807) is 0 Å². The van der Waals surface area contributed by atoms with Crippen molar-refractivity contribution in [3.63, 3.8) is 0 Å². The summed E-state index contributed by atoms with van der Waals surface area (Å²) in [6.07, 6.45) is 3.81. The smallest absolute Gasteiger partial charge is 0.110 e. The third-order valence-electron chi connectivity index (χ3n) is 3.33. The van der Waals surface area contributed by atoms with Crippen molar-refractivity contribution in [3.05, 3.63) is 42.5 Å². The van der Waals surface area contributed by atoms with Gasteiger partial charge in [-0.15, -0.1) is 0 Å². The molecule has 0 aliphatic carbocycles. The molecule has 1 saturated heterocycles. The molecule has 0 saturated carbocycles. The molecule has 2 aromatic rings. The van der Waals surface area contributed by atoms with Gasteiger partial charge in [-0.3, -0.25) is 0 Å². The van der Waals surface area contributed by atoms with Crippen molar-refractivity contribution >= 4 is 5.69 Å². The molecule has 4 nitrogen and oxygen atoms in total. The Morgan fingerprint density at radius 3 is 2.33 bits per heavy atom. The van der Waals surface area contributed by atoms with Gasteiger partial charge in [-0.25, -0.2) is 4.98 Å². The Morgan fingerprint density at radius 2 is 1.72 bits per heavy atom. The van der Waals surface area contributed by atoms with Crippen molar-refractivity contribution in [3.8, 4) is 5.69 Å². The summed E-state index contributed by atoms with van der Waals surface area (Å²) in [5, 5.41) is 0. The number of ether oxygens (including phenoxy) is 1. The number of hydrogen-bond acceptors (Lipinski definition) is 3. The van der Waals surface area contributed by atoms with E-state index in [0.29, 0.717) is 0 Å². The van der Waals surface area contributed by atoms with Crippen LogP contribution in [0, 0.1) is 6.92 Å². The maximum absolute atomic E-state index is 5.37. The highest BCUT2D eigenvalue weighted by Crippen LogP contribution is 2.19. The molecule has 1 aromatic heterocycles. The summed E-state index contributed by atoms with van der Waals surface area (Å²) in [7, 11) is 0. The number of benzene rings is 1. The Balaban J connectivity index is 1.82. The Hall–Kier alpha value is -1.81. The number of nitrogens with zero attached hydrogens (tertiary/aromatic N) is 3. The predicted molar refractivity (Wildman–Crippen MR) is 71.3 cm³/mol. The number of anilines is 1. The maximum atomic E-state index is 5.37. The minimum Gasteiger partial charge on any atom is -0.378 e. The molecular formula is C14H17N3O.